The number of rotatable bonds is 1. The van der Waals surface area contributed by atoms with Crippen LogP contribution in [0.3, 0.4) is 0 Å². The number of aryl methyl sites for hydroxylation is 1. The van der Waals surface area contributed by atoms with Gasteiger partial charge in [0.1, 0.15) is 0 Å². The molecule has 0 saturated heterocycles. The van der Waals surface area contributed by atoms with Crippen LogP contribution in [0.15, 0.2) is 30.3 Å². The molecule has 0 nitrogen and oxygen atoms in total. The van der Waals surface area contributed by atoms with E-state index in [9.17, 15) is 13.2 Å². The second-order valence-electron chi connectivity index (χ2n) is 2.39. The number of benzene rings is 1. The molecule has 0 aliphatic rings. The lowest BCUT2D eigenvalue weighted by Crippen LogP contribution is -1.84. The highest BCUT2D eigenvalue weighted by atomic mass is 19.3. The van der Waals surface area contributed by atoms with Crippen LogP contribution in [0.2, 0.25) is 0 Å². The molecule has 0 bridgehead atoms. The summed E-state index contributed by atoms with van der Waals surface area (Å²) in [6, 6.07) is 6.09. The molecular weight excluding hydrogens is 165 g/mol. The van der Waals surface area contributed by atoms with Crippen LogP contribution >= 0.6 is 0 Å². The topological polar surface area (TPSA) is 0 Å². The van der Waals surface area contributed by atoms with Gasteiger partial charge in [-0.15, -0.1) is 0 Å². The zero-order valence-corrected chi connectivity index (χ0v) is 6.44. The first-order chi connectivity index (χ1) is 5.63. The lowest BCUT2D eigenvalue weighted by Gasteiger charge is -2.00. The normalized spacial score (nSPS) is 9.67. The highest BCUT2D eigenvalue weighted by Gasteiger charge is 2.09. The van der Waals surface area contributed by atoms with Gasteiger partial charge < -0.3 is 0 Å². The zero-order valence-electron chi connectivity index (χ0n) is 6.44. The highest BCUT2D eigenvalue weighted by Crippen LogP contribution is 2.24. The minimum Gasteiger partial charge on any atom is -0.200 e. The summed E-state index contributed by atoms with van der Waals surface area (Å²) < 4.78 is 36.2. The van der Waals surface area contributed by atoms with E-state index in [0.717, 1.165) is 0 Å². The molecule has 1 rings (SSSR count). The third-order valence-corrected chi connectivity index (χ3v) is 1.55. The van der Waals surface area contributed by atoms with Crippen LogP contribution in [0, 0.1) is 6.92 Å². The average molecular weight is 172 g/mol. The maximum atomic E-state index is 12.6. The van der Waals surface area contributed by atoms with Gasteiger partial charge in [0.05, 0.1) is 0 Å². The molecule has 0 saturated carbocycles. The Morgan fingerprint density at radius 2 is 1.67 bits per heavy atom. The van der Waals surface area contributed by atoms with Crippen molar-refractivity contribution in [2.45, 2.75) is 6.92 Å². The highest BCUT2D eigenvalue weighted by molar-refractivity contribution is 5.62. The van der Waals surface area contributed by atoms with Crippen LogP contribution in [0.5, 0.6) is 0 Å². The van der Waals surface area contributed by atoms with Crippen molar-refractivity contribution in [2.75, 3.05) is 0 Å². The van der Waals surface area contributed by atoms with Crippen LogP contribution in [-0.2, 0) is 0 Å². The summed E-state index contributed by atoms with van der Waals surface area (Å²) in [5.74, 6) is -1.44. The van der Waals surface area contributed by atoms with Gasteiger partial charge in [-0.2, -0.15) is 8.78 Å². The fraction of sp³-hybridized carbons (Fsp3) is 0.111. The zero-order chi connectivity index (χ0) is 9.14. The molecule has 3 heteroatoms. The van der Waals surface area contributed by atoms with Crippen LogP contribution in [0.1, 0.15) is 11.1 Å². The molecule has 0 unspecified atom stereocenters. The lowest BCUT2D eigenvalue weighted by molar-refractivity contribution is 0.410. The summed E-state index contributed by atoms with van der Waals surface area (Å²) >= 11 is 0. The summed E-state index contributed by atoms with van der Waals surface area (Å²) in [4.78, 5) is 0. The summed E-state index contributed by atoms with van der Waals surface area (Å²) in [5, 5.41) is 0. The smallest absolute Gasteiger partial charge is 0.200 e. The average Bonchev–Trinajstić information content (AvgIpc) is 2.04. The molecule has 0 atom stereocenters. The lowest BCUT2D eigenvalue weighted by atomic mass is 10.1. The second-order valence-corrected chi connectivity index (χ2v) is 2.39. The van der Waals surface area contributed by atoms with Gasteiger partial charge in [0, 0.05) is 5.56 Å². The monoisotopic (exact) mass is 172 g/mol. The van der Waals surface area contributed by atoms with Crippen LogP contribution in [-0.4, -0.2) is 0 Å². The van der Waals surface area contributed by atoms with Crippen LogP contribution in [0.4, 0.5) is 13.2 Å². The first-order valence-corrected chi connectivity index (χ1v) is 3.39. The maximum absolute atomic E-state index is 12.6. The predicted molar refractivity (Wildman–Crippen MR) is 41.4 cm³/mol. The Kier molecular flexibility index (Phi) is 2.53. The number of hydrogen-bond acceptors (Lipinski definition) is 0. The van der Waals surface area contributed by atoms with Crippen molar-refractivity contribution >= 4 is 5.83 Å². The standard InChI is InChI=1S/C9H7F3/c1-6-4-2-3-5-7(6)8(10)9(11)12/h2-5H,1H3. The van der Waals surface area contributed by atoms with Crippen molar-refractivity contribution in [3.8, 4) is 0 Å². The van der Waals surface area contributed by atoms with Gasteiger partial charge in [0.15, 0.2) is 5.83 Å². The van der Waals surface area contributed by atoms with E-state index < -0.39 is 11.9 Å². The molecular formula is C9H7F3. The summed E-state index contributed by atoms with van der Waals surface area (Å²) in [7, 11) is 0. The Bertz CT molecular complexity index is 311. The van der Waals surface area contributed by atoms with Gasteiger partial charge in [-0.25, -0.2) is 4.39 Å². The Labute approximate surface area is 68.3 Å². The quantitative estimate of drug-likeness (QED) is 0.607. The molecule has 64 valence electrons. The minimum absolute atomic E-state index is 0.0440. The fourth-order valence-electron chi connectivity index (χ4n) is 0.921. The molecule has 0 heterocycles. The third-order valence-electron chi connectivity index (χ3n) is 1.55. The summed E-state index contributed by atoms with van der Waals surface area (Å²) in [6.07, 6.45) is -2.27. The van der Waals surface area contributed by atoms with Gasteiger partial charge in [-0.1, -0.05) is 24.3 Å². The molecule has 0 amide bonds. The van der Waals surface area contributed by atoms with Gasteiger partial charge >= 0.3 is 6.08 Å². The molecule has 1 aromatic rings. The molecule has 1 aromatic carbocycles. The fourth-order valence-corrected chi connectivity index (χ4v) is 0.921. The molecule has 0 aliphatic heterocycles. The Morgan fingerprint density at radius 3 is 2.17 bits per heavy atom. The van der Waals surface area contributed by atoms with E-state index in [0.29, 0.717) is 5.56 Å². The summed E-state index contributed by atoms with van der Waals surface area (Å²) in [6.45, 7) is 1.58. The molecule has 0 spiro atoms. The SMILES string of the molecule is Cc1ccccc1C(F)=C(F)F. The van der Waals surface area contributed by atoms with E-state index in [1.54, 1.807) is 19.1 Å². The van der Waals surface area contributed by atoms with E-state index in [-0.39, 0.29) is 5.56 Å². The van der Waals surface area contributed by atoms with E-state index >= 15 is 0 Å². The Balaban J connectivity index is 3.21. The van der Waals surface area contributed by atoms with E-state index in [4.69, 9.17) is 0 Å². The van der Waals surface area contributed by atoms with Crippen molar-refractivity contribution in [2.24, 2.45) is 0 Å². The molecule has 0 N–H and O–H groups in total. The van der Waals surface area contributed by atoms with E-state index in [2.05, 4.69) is 0 Å². The number of hydrogen-bond donors (Lipinski definition) is 0. The molecule has 0 radical (unpaired) electrons. The van der Waals surface area contributed by atoms with Gasteiger partial charge in [0.2, 0.25) is 0 Å². The van der Waals surface area contributed by atoms with Gasteiger partial charge in [-0.05, 0) is 12.5 Å². The largest absolute Gasteiger partial charge is 0.306 e. The predicted octanol–water partition coefficient (Wildman–Crippen LogP) is 3.53. The van der Waals surface area contributed by atoms with Crippen molar-refractivity contribution < 1.29 is 13.2 Å². The van der Waals surface area contributed by atoms with E-state index in [1.807, 2.05) is 0 Å². The first-order valence-electron chi connectivity index (χ1n) is 3.39. The first kappa shape index (κ1) is 8.84. The third kappa shape index (κ3) is 1.67. The second kappa shape index (κ2) is 3.43. The van der Waals surface area contributed by atoms with Gasteiger partial charge in [-0.3, -0.25) is 0 Å². The van der Waals surface area contributed by atoms with Gasteiger partial charge in [0.25, 0.3) is 0 Å². The molecule has 12 heavy (non-hydrogen) atoms. The minimum atomic E-state index is -2.27. The molecule has 0 aliphatic carbocycles. The molecule has 0 aromatic heterocycles. The molecule has 0 fully saturated rings. The van der Waals surface area contributed by atoms with E-state index in [1.165, 1.54) is 12.1 Å². The van der Waals surface area contributed by atoms with Crippen molar-refractivity contribution in [3.63, 3.8) is 0 Å². The van der Waals surface area contributed by atoms with Crippen molar-refractivity contribution in [3.05, 3.63) is 41.5 Å². The van der Waals surface area contributed by atoms with Crippen LogP contribution < -0.4 is 0 Å². The maximum Gasteiger partial charge on any atom is 0.306 e. The van der Waals surface area contributed by atoms with Crippen LogP contribution in [0.25, 0.3) is 5.83 Å². The van der Waals surface area contributed by atoms with Crippen molar-refractivity contribution in [1.29, 1.82) is 0 Å². The number of halogens is 3. The Morgan fingerprint density at radius 1 is 1.08 bits per heavy atom. The Hall–Kier alpha value is -1.25. The van der Waals surface area contributed by atoms with Crippen molar-refractivity contribution in [1.82, 2.24) is 0 Å². The summed E-state index contributed by atoms with van der Waals surface area (Å²) in [5.41, 5.74) is 0.459.